The van der Waals surface area contributed by atoms with E-state index < -0.39 is 12.2 Å². The molecule has 3 heteroatoms. The summed E-state index contributed by atoms with van der Waals surface area (Å²) in [5.41, 5.74) is 2.51. The first-order valence-electron chi connectivity index (χ1n) is 7.06. The molecule has 0 saturated carbocycles. The lowest BCUT2D eigenvalue weighted by Gasteiger charge is -2.23. The molecule has 1 aromatic carbocycles. The number of hydrogen-bond donors (Lipinski definition) is 2. The predicted octanol–water partition coefficient (Wildman–Crippen LogP) is 2.88. The van der Waals surface area contributed by atoms with Crippen molar-refractivity contribution in [1.82, 2.24) is 0 Å². The molecule has 3 unspecified atom stereocenters. The fraction of sp³-hybridized carbons (Fsp3) is 0.625. The first-order chi connectivity index (χ1) is 9.03. The third-order valence-corrected chi connectivity index (χ3v) is 3.75. The van der Waals surface area contributed by atoms with Crippen molar-refractivity contribution < 1.29 is 14.9 Å². The lowest BCUT2D eigenvalue weighted by atomic mass is 9.86. The summed E-state index contributed by atoms with van der Waals surface area (Å²) in [5.74, 6) is 1.14. The van der Waals surface area contributed by atoms with E-state index in [1.165, 1.54) is 11.1 Å². The number of aliphatic hydroxyl groups excluding tert-OH is 2. The summed E-state index contributed by atoms with van der Waals surface area (Å²) < 4.78 is 5.25. The van der Waals surface area contributed by atoms with Crippen LogP contribution >= 0.6 is 0 Å². The molecule has 0 spiro atoms. The molecule has 1 aromatic rings. The van der Waals surface area contributed by atoms with Crippen LogP contribution in [0.4, 0.5) is 0 Å². The maximum Gasteiger partial charge on any atom is 0.119 e. The fourth-order valence-corrected chi connectivity index (χ4v) is 2.42. The molecule has 0 aromatic heterocycles. The van der Waals surface area contributed by atoms with E-state index in [1.807, 2.05) is 6.07 Å². The van der Waals surface area contributed by atoms with Crippen molar-refractivity contribution in [2.45, 2.75) is 58.2 Å². The summed E-state index contributed by atoms with van der Waals surface area (Å²) in [4.78, 5) is 0. The van der Waals surface area contributed by atoms with Gasteiger partial charge in [0, 0.05) is 0 Å². The molecule has 0 aliphatic heterocycles. The topological polar surface area (TPSA) is 49.7 Å². The van der Waals surface area contributed by atoms with E-state index in [-0.39, 0.29) is 5.92 Å². The number of aryl methyl sites for hydroxylation is 1. The van der Waals surface area contributed by atoms with Crippen molar-refractivity contribution >= 4 is 0 Å². The Balaban J connectivity index is 2.97. The van der Waals surface area contributed by atoms with Gasteiger partial charge in [0.05, 0.1) is 19.3 Å². The van der Waals surface area contributed by atoms with Gasteiger partial charge in [-0.3, -0.25) is 0 Å². The molecule has 3 atom stereocenters. The molecule has 0 heterocycles. The van der Waals surface area contributed by atoms with Gasteiger partial charge in [-0.25, -0.2) is 0 Å². The largest absolute Gasteiger partial charge is 0.497 e. The van der Waals surface area contributed by atoms with Gasteiger partial charge in [0.1, 0.15) is 5.75 Å². The Morgan fingerprint density at radius 1 is 1.21 bits per heavy atom. The summed E-state index contributed by atoms with van der Waals surface area (Å²) >= 11 is 0. The number of rotatable bonds is 7. The molecule has 0 aliphatic rings. The number of methoxy groups -OCH3 is 1. The first kappa shape index (κ1) is 16.0. The molecule has 0 bridgehead atoms. The minimum atomic E-state index is -0.683. The molecule has 0 aliphatic carbocycles. The third kappa shape index (κ3) is 4.22. The van der Waals surface area contributed by atoms with Crippen LogP contribution in [0.3, 0.4) is 0 Å². The minimum Gasteiger partial charge on any atom is -0.497 e. The van der Waals surface area contributed by atoms with Gasteiger partial charge < -0.3 is 14.9 Å². The number of aliphatic hydroxyl groups is 2. The highest BCUT2D eigenvalue weighted by Crippen LogP contribution is 2.31. The van der Waals surface area contributed by atoms with Crippen molar-refractivity contribution in [2.75, 3.05) is 7.11 Å². The Morgan fingerprint density at radius 2 is 1.89 bits per heavy atom. The normalized spacial score (nSPS) is 15.9. The Labute approximate surface area is 116 Å². The van der Waals surface area contributed by atoms with E-state index in [4.69, 9.17) is 4.74 Å². The van der Waals surface area contributed by atoms with Crippen LogP contribution in [0.1, 0.15) is 50.7 Å². The van der Waals surface area contributed by atoms with Crippen LogP contribution in [0.2, 0.25) is 0 Å². The molecule has 19 heavy (non-hydrogen) atoms. The highest BCUT2D eigenvalue weighted by atomic mass is 16.5. The van der Waals surface area contributed by atoms with E-state index in [1.54, 1.807) is 14.0 Å². The van der Waals surface area contributed by atoms with Crippen LogP contribution in [0.5, 0.6) is 5.75 Å². The molecule has 0 fully saturated rings. The van der Waals surface area contributed by atoms with Gasteiger partial charge in [-0.05, 0) is 55.4 Å². The summed E-state index contributed by atoms with van der Waals surface area (Å²) in [6.45, 7) is 5.87. The molecular weight excluding hydrogens is 240 g/mol. The Morgan fingerprint density at radius 3 is 2.37 bits per heavy atom. The van der Waals surface area contributed by atoms with Gasteiger partial charge in [-0.1, -0.05) is 19.9 Å². The smallest absolute Gasteiger partial charge is 0.119 e. The van der Waals surface area contributed by atoms with Gasteiger partial charge in [0.2, 0.25) is 0 Å². The van der Waals surface area contributed by atoms with E-state index in [9.17, 15) is 10.2 Å². The number of benzene rings is 1. The minimum absolute atomic E-state index is 0.269. The zero-order valence-corrected chi connectivity index (χ0v) is 12.4. The molecule has 1 rings (SSSR count). The second kappa shape index (κ2) is 7.51. The monoisotopic (exact) mass is 266 g/mol. The Bertz CT molecular complexity index is 388. The van der Waals surface area contributed by atoms with Crippen molar-refractivity contribution in [3.63, 3.8) is 0 Å². The average molecular weight is 266 g/mol. The van der Waals surface area contributed by atoms with Gasteiger partial charge in [0.25, 0.3) is 0 Å². The molecule has 0 saturated heterocycles. The lowest BCUT2D eigenvalue weighted by molar-refractivity contribution is 0.0214. The van der Waals surface area contributed by atoms with Crippen LogP contribution in [0, 0.1) is 0 Å². The SMILES string of the molecule is CCc1cc(OC)ccc1C(CC)CC(O)C(C)O. The molecule has 0 radical (unpaired) electrons. The first-order valence-corrected chi connectivity index (χ1v) is 7.06. The van der Waals surface area contributed by atoms with Crippen LogP contribution in [-0.4, -0.2) is 29.5 Å². The molecule has 3 nitrogen and oxygen atoms in total. The van der Waals surface area contributed by atoms with Crippen molar-refractivity contribution in [2.24, 2.45) is 0 Å². The predicted molar refractivity (Wildman–Crippen MR) is 77.7 cm³/mol. The zero-order valence-electron chi connectivity index (χ0n) is 12.4. The van der Waals surface area contributed by atoms with E-state index in [2.05, 4.69) is 26.0 Å². The van der Waals surface area contributed by atoms with Crippen LogP contribution in [-0.2, 0) is 6.42 Å². The zero-order chi connectivity index (χ0) is 14.4. The summed E-state index contributed by atoms with van der Waals surface area (Å²) in [6.07, 6.45) is 1.12. The van der Waals surface area contributed by atoms with Crippen molar-refractivity contribution in [1.29, 1.82) is 0 Å². The van der Waals surface area contributed by atoms with Gasteiger partial charge in [0.15, 0.2) is 0 Å². The quantitative estimate of drug-likeness (QED) is 0.798. The summed E-state index contributed by atoms with van der Waals surface area (Å²) in [7, 11) is 1.67. The molecule has 0 amide bonds. The highest BCUT2D eigenvalue weighted by molar-refractivity contribution is 5.38. The number of hydrogen-bond acceptors (Lipinski definition) is 3. The van der Waals surface area contributed by atoms with E-state index in [0.717, 1.165) is 18.6 Å². The average Bonchev–Trinajstić information content (AvgIpc) is 2.43. The summed E-state index contributed by atoms with van der Waals surface area (Å²) in [5, 5.41) is 19.3. The second-order valence-electron chi connectivity index (χ2n) is 5.07. The van der Waals surface area contributed by atoms with Crippen molar-refractivity contribution in [3.8, 4) is 5.75 Å². The Kier molecular flexibility index (Phi) is 6.32. The fourth-order valence-electron chi connectivity index (χ4n) is 2.42. The van der Waals surface area contributed by atoms with E-state index >= 15 is 0 Å². The van der Waals surface area contributed by atoms with Gasteiger partial charge in [-0.15, -0.1) is 0 Å². The highest BCUT2D eigenvalue weighted by Gasteiger charge is 2.20. The second-order valence-corrected chi connectivity index (χ2v) is 5.07. The number of ether oxygens (including phenoxy) is 1. The third-order valence-electron chi connectivity index (χ3n) is 3.75. The standard InChI is InChI=1S/C16H26O3/c1-5-12-9-14(19-4)7-8-15(12)13(6-2)10-16(18)11(3)17/h7-9,11,13,16-18H,5-6,10H2,1-4H3. The molecular formula is C16H26O3. The summed E-state index contributed by atoms with van der Waals surface area (Å²) in [6, 6.07) is 6.11. The van der Waals surface area contributed by atoms with Crippen LogP contribution in [0.15, 0.2) is 18.2 Å². The maximum atomic E-state index is 9.88. The van der Waals surface area contributed by atoms with Gasteiger partial charge >= 0.3 is 0 Å². The lowest BCUT2D eigenvalue weighted by Crippen LogP contribution is -2.25. The van der Waals surface area contributed by atoms with Crippen molar-refractivity contribution in [3.05, 3.63) is 29.3 Å². The van der Waals surface area contributed by atoms with Crippen LogP contribution in [0.25, 0.3) is 0 Å². The van der Waals surface area contributed by atoms with Gasteiger partial charge in [-0.2, -0.15) is 0 Å². The van der Waals surface area contributed by atoms with Crippen LogP contribution < -0.4 is 4.74 Å². The Hall–Kier alpha value is -1.06. The molecule has 108 valence electrons. The maximum absolute atomic E-state index is 9.88. The molecule has 2 N–H and O–H groups in total. The van der Waals surface area contributed by atoms with E-state index in [0.29, 0.717) is 6.42 Å².